The maximum atomic E-state index is 13.1. The lowest BCUT2D eigenvalue weighted by molar-refractivity contribution is -0.116. The van der Waals surface area contributed by atoms with E-state index in [0.717, 1.165) is 52.4 Å². The molecule has 4 aromatic rings. The lowest BCUT2D eigenvalue weighted by atomic mass is 10.1. The van der Waals surface area contributed by atoms with Crippen molar-refractivity contribution in [3.63, 3.8) is 0 Å². The maximum absolute atomic E-state index is 13.1. The predicted octanol–water partition coefficient (Wildman–Crippen LogP) is 4.83. The molecule has 156 valence electrons. The minimum Gasteiger partial charge on any atom is -0.360 e. The van der Waals surface area contributed by atoms with Crippen LogP contribution in [0.1, 0.15) is 31.4 Å². The lowest BCUT2D eigenvalue weighted by Gasteiger charge is -2.22. The van der Waals surface area contributed by atoms with E-state index in [-0.39, 0.29) is 11.9 Å². The normalized spacial score (nSPS) is 18.0. The summed E-state index contributed by atoms with van der Waals surface area (Å²) in [5.74, 6) is 1.37. The zero-order valence-corrected chi connectivity index (χ0v) is 18.1. The van der Waals surface area contributed by atoms with Gasteiger partial charge in [-0.2, -0.15) is 0 Å². The number of carbonyl (C=O) groups excluding carboxylic acids is 1. The first kappa shape index (κ1) is 18.7. The Labute approximate surface area is 184 Å². The van der Waals surface area contributed by atoms with Crippen molar-refractivity contribution < 1.29 is 4.79 Å². The van der Waals surface area contributed by atoms with Crippen molar-refractivity contribution in [1.29, 1.82) is 0 Å². The fourth-order valence-electron chi connectivity index (χ4n) is 4.62. The van der Waals surface area contributed by atoms with Crippen molar-refractivity contribution in [3.8, 4) is 11.4 Å². The standard InChI is InChI=1S/C24H23N5OS/c1-15-12-16-6-2-5-9-21(16)28(15)22(30)14-31-24-27-26-23(29(24)17-10-11-17)19-13-25-20-8-4-3-7-18(19)20/h2-9,13,15,17,25H,10-12,14H2,1H3/t15-/m1/s1. The van der Waals surface area contributed by atoms with Gasteiger partial charge in [0, 0.05) is 40.4 Å². The summed E-state index contributed by atoms with van der Waals surface area (Å²) in [5, 5.41) is 11.0. The van der Waals surface area contributed by atoms with Crippen molar-refractivity contribution in [2.75, 3.05) is 10.7 Å². The van der Waals surface area contributed by atoms with Crippen LogP contribution in [0.5, 0.6) is 0 Å². The minimum atomic E-state index is 0.126. The zero-order valence-electron chi connectivity index (χ0n) is 17.3. The Kier molecular flexibility index (Phi) is 4.38. The van der Waals surface area contributed by atoms with Crippen LogP contribution in [0.25, 0.3) is 22.3 Å². The molecule has 0 bridgehead atoms. The predicted molar refractivity (Wildman–Crippen MR) is 123 cm³/mol. The number of fused-ring (bicyclic) bond motifs is 2. The van der Waals surface area contributed by atoms with Gasteiger partial charge in [0.1, 0.15) is 0 Å². The second-order valence-corrected chi connectivity index (χ2v) is 9.33. The summed E-state index contributed by atoms with van der Waals surface area (Å²) >= 11 is 1.50. The number of amides is 1. The average molecular weight is 430 g/mol. The summed E-state index contributed by atoms with van der Waals surface area (Å²) < 4.78 is 2.23. The molecule has 0 radical (unpaired) electrons. The van der Waals surface area contributed by atoms with E-state index in [4.69, 9.17) is 0 Å². The van der Waals surface area contributed by atoms with Crippen LogP contribution >= 0.6 is 11.8 Å². The number of anilines is 1. The van der Waals surface area contributed by atoms with Gasteiger partial charge in [-0.1, -0.05) is 48.2 Å². The molecule has 1 aliphatic carbocycles. The lowest BCUT2D eigenvalue weighted by Crippen LogP contribution is -2.37. The van der Waals surface area contributed by atoms with Gasteiger partial charge in [-0.05, 0) is 43.9 Å². The molecule has 0 unspecified atom stereocenters. The van der Waals surface area contributed by atoms with Crippen LogP contribution in [0.3, 0.4) is 0 Å². The van der Waals surface area contributed by atoms with E-state index in [1.807, 2.05) is 41.4 Å². The van der Waals surface area contributed by atoms with Crippen LogP contribution in [-0.4, -0.2) is 37.5 Å². The number of nitrogens with zero attached hydrogens (tertiary/aromatic N) is 4. The van der Waals surface area contributed by atoms with E-state index in [0.29, 0.717) is 11.8 Å². The third kappa shape index (κ3) is 3.15. The smallest absolute Gasteiger partial charge is 0.237 e. The van der Waals surface area contributed by atoms with Crippen molar-refractivity contribution in [3.05, 3.63) is 60.3 Å². The molecule has 0 spiro atoms. The quantitative estimate of drug-likeness (QED) is 0.462. The highest BCUT2D eigenvalue weighted by Gasteiger charge is 2.33. The fourth-order valence-corrected chi connectivity index (χ4v) is 5.48. The zero-order chi connectivity index (χ0) is 20.9. The molecule has 1 aliphatic heterocycles. The number of nitrogens with one attached hydrogen (secondary N) is 1. The molecule has 31 heavy (non-hydrogen) atoms. The molecule has 2 aliphatic rings. The van der Waals surface area contributed by atoms with E-state index in [9.17, 15) is 4.79 Å². The number of aromatic nitrogens is 4. The molecular formula is C24H23N5OS. The number of H-pyrrole nitrogens is 1. The number of hydrogen-bond donors (Lipinski definition) is 1. The van der Waals surface area contributed by atoms with Crippen molar-refractivity contribution in [2.45, 2.75) is 43.4 Å². The Morgan fingerprint density at radius 2 is 1.94 bits per heavy atom. The highest BCUT2D eigenvalue weighted by atomic mass is 32.2. The van der Waals surface area contributed by atoms with Crippen LogP contribution < -0.4 is 4.90 Å². The third-order valence-corrected chi connectivity index (χ3v) is 7.14. The molecule has 1 amide bonds. The molecule has 1 saturated carbocycles. The summed E-state index contributed by atoms with van der Waals surface area (Å²) in [6.45, 7) is 2.12. The van der Waals surface area contributed by atoms with E-state index in [2.05, 4.69) is 44.9 Å². The fraction of sp³-hybridized carbons (Fsp3) is 0.292. The number of aromatic amines is 1. The van der Waals surface area contributed by atoms with Gasteiger partial charge in [0.25, 0.3) is 0 Å². The van der Waals surface area contributed by atoms with Gasteiger partial charge in [0.05, 0.1) is 5.75 Å². The van der Waals surface area contributed by atoms with Crippen molar-refractivity contribution in [1.82, 2.24) is 19.7 Å². The van der Waals surface area contributed by atoms with Crippen LogP contribution in [0.15, 0.2) is 59.9 Å². The molecule has 7 heteroatoms. The van der Waals surface area contributed by atoms with Gasteiger partial charge < -0.3 is 9.88 Å². The average Bonchev–Trinajstić information content (AvgIpc) is 3.25. The van der Waals surface area contributed by atoms with E-state index in [1.54, 1.807) is 0 Å². The maximum Gasteiger partial charge on any atom is 0.237 e. The Hall–Kier alpha value is -3.06. The number of rotatable bonds is 5. The van der Waals surface area contributed by atoms with Gasteiger partial charge in [0.2, 0.25) is 5.91 Å². The largest absolute Gasteiger partial charge is 0.360 e. The molecular weight excluding hydrogens is 406 g/mol. The Morgan fingerprint density at radius 3 is 2.81 bits per heavy atom. The summed E-state index contributed by atoms with van der Waals surface area (Å²) in [7, 11) is 0. The van der Waals surface area contributed by atoms with Gasteiger partial charge in [-0.15, -0.1) is 10.2 Å². The van der Waals surface area contributed by atoms with Crippen LogP contribution in [0.2, 0.25) is 0 Å². The number of thioether (sulfide) groups is 1. The second-order valence-electron chi connectivity index (χ2n) is 8.39. The first-order valence-electron chi connectivity index (χ1n) is 10.7. The van der Waals surface area contributed by atoms with E-state index < -0.39 is 0 Å². The highest BCUT2D eigenvalue weighted by Crippen LogP contribution is 2.42. The minimum absolute atomic E-state index is 0.126. The molecule has 6 rings (SSSR count). The summed E-state index contributed by atoms with van der Waals surface area (Å²) in [6, 6.07) is 17.1. The summed E-state index contributed by atoms with van der Waals surface area (Å²) in [4.78, 5) is 18.4. The highest BCUT2D eigenvalue weighted by molar-refractivity contribution is 7.99. The Bertz CT molecular complexity index is 1290. The molecule has 0 saturated heterocycles. The van der Waals surface area contributed by atoms with Crippen molar-refractivity contribution >= 4 is 34.3 Å². The summed E-state index contributed by atoms with van der Waals surface area (Å²) in [6.07, 6.45) is 5.18. The van der Waals surface area contributed by atoms with Gasteiger partial charge in [-0.3, -0.25) is 9.36 Å². The monoisotopic (exact) mass is 429 g/mol. The number of carbonyl (C=O) groups is 1. The molecule has 2 aromatic heterocycles. The van der Waals surface area contributed by atoms with Gasteiger partial charge in [-0.25, -0.2) is 0 Å². The van der Waals surface area contributed by atoms with Gasteiger partial charge in [0.15, 0.2) is 11.0 Å². The number of para-hydroxylation sites is 2. The number of hydrogen-bond acceptors (Lipinski definition) is 4. The first-order valence-corrected chi connectivity index (χ1v) is 11.7. The van der Waals surface area contributed by atoms with E-state index >= 15 is 0 Å². The van der Waals surface area contributed by atoms with Crippen molar-refractivity contribution in [2.24, 2.45) is 0 Å². The molecule has 1 N–H and O–H groups in total. The topological polar surface area (TPSA) is 66.8 Å². The Morgan fingerprint density at radius 1 is 1.13 bits per heavy atom. The SMILES string of the molecule is C[C@@H]1Cc2ccccc2N1C(=O)CSc1nnc(-c2c[nH]c3ccccc23)n1C1CC1. The van der Waals surface area contributed by atoms with Gasteiger partial charge >= 0.3 is 0 Å². The summed E-state index contributed by atoms with van der Waals surface area (Å²) in [5.41, 5.74) is 4.45. The second kappa shape index (κ2) is 7.27. The first-order chi connectivity index (χ1) is 15.2. The molecule has 2 aromatic carbocycles. The van der Waals surface area contributed by atoms with E-state index in [1.165, 1.54) is 17.3 Å². The van der Waals surface area contributed by atoms with Crippen LogP contribution in [-0.2, 0) is 11.2 Å². The molecule has 1 fully saturated rings. The molecule has 1 atom stereocenters. The molecule has 3 heterocycles. The number of benzene rings is 2. The van der Waals surface area contributed by atoms with Crippen LogP contribution in [0.4, 0.5) is 5.69 Å². The molecule has 6 nitrogen and oxygen atoms in total. The third-order valence-electron chi connectivity index (χ3n) is 6.21. The van der Waals surface area contributed by atoms with Crippen LogP contribution in [0, 0.1) is 0 Å². The Balaban J connectivity index is 1.28.